The molecular weight excluding hydrogens is 224 g/mol. The van der Waals surface area contributed by atoms with E-state index < -0.39 is 0 Å². The number of piperazine rings is 1. The molecule has 0 aliphatic carbocycles. The first-order chi connectivity index (χ1) is 8.74. The van der Waals surface area contributed by atoms with Gasteiger partial charge in [-0.25, -0.2) is 4.98 Å². The number of anilines is 1. The zero-order valence-corrected chi connectivity index (χ0v) is 10.6. The second-order valence-electron chi connectivity index (χ2n) is 4.41. The van der Waals surface area contributed by atoms with E-state index >= 15 is 0 Å². The minimum Gasteiger partial charge on any atom is -0.354 e. The number of aromatic nitrogens is 1. The highest BCUT2D eigenvalue weighted by molar-refractivity contribution is 5.45. The quantitative estimate of drug-likeness (QED) is 0.724. The zero-order valence-electron chi connectivity index (χ0n) is 10.6. The summed E-state index contributed by atoms with van der Waals surface area (Å²) >= 11 is 0. The summed E-state index contributed by atoms with van der Waals surface area (Å²) in [7, 11) is 0. The summed E-state index contributed by atoms with van der Waals surface area (Å²) in [4.78, 5) is 8.84. The lowest BCUT2D eigenvalue weighted by Gasteiger charge is -2.34. The Bertz CT molecular complexity index is 502. The van der Waals surface area contributed by atoms with E-state index in [0.29, 0.717) is 12.2 Å². The first-order valence-corrected chi connectivity index (χ1v) is 6.03. The van der Waals surface area contributed by atoms with Gasteiger partial charge in [0.25, 0.3) is 0 Å². The summed E-state index contributed by atoms with van der Waals surface area (Å²) in [6, 6.07) is 6.06. The molecule has 0 bridgehead atoms. The van der Waals surface area contributed by atoms with Gasteiger partial charge in [-0.05, 0) is 18.6 Å². The Kier molecular flexibility index (Phi) is 3.82. The maximum absolute atomic E-state index is 8.99. The first kappa shape index (κ1) is 12.4. The van der Waals surface area contributed by atoms with Gasteiger partial charge in [-0.15, -0.1) is 6.42 Å². The molecule has 1 aromatic heterocycles. The standard InChI is InChI=1S/C14H16N4/c1-3-6-17-7-9-18(10-8-17)14-5-4-12(2)13(11-15)16-14/h1,4-5H,6-10H2,2H3. The largest absolute Gasteiger partial charge is 0.354 e. The Morgan fingerprint density at radius 2 is 2.06 bits per heavy atom. The zero-order chi connectivity index (χ0) is 13.0. The molecule has 2 rings (SSSR count). The second kappa shape index (κ2) is 5.53. The van der Waals surface area contributed by atoms with Crippen LogP contribution in [-0.2, 0) is 0 Å². The van der Waals surface area contributed by atoms with Crippen LogP contribution in [0.25, 0.3) is 0 Å². The van der Waals surface area contributed by atoms with Gasteiger partial charge in [0, 0.05) is 26.2 Å². The summed E-state index contributed by atoms with van der Waals surface area (Å²) in [5.41, 5.74) is 1.44. The molecule has 2 heterocycles. The highest BCUT2D eigenvalue weighted by Gasteiger charge is 2.17. The van der Waals surface area contributed by atoms with Crippen molar-refractivity contribution in [2.24, 2.45) is 0 Å². The van der Waals surface area contributed by atoms with Crippen molar-refractivity contribution in [3.63, 3.8) is 0 Å². The van der Waals surface area contributed by atoms with Gasteiger partial charge in [-0.3, -0.25) is 4.90 Å². The van der Waals surface area contributed by atoms with Gasteiger partial charge in [-0.2, -0.15) is 5.26 Å². The lowest BCUT2D eigenvalue weighted by molar-refractivity contribution is 0.287. The number of rotatable bonds is 2. The molecule has 1 aliphatic rings. The summed E-state index contributed by atoms with van der Waals surface area (Å²) in [6.45, 7) is 6.31. The van der Waals surface area contributed by atoms with Crippen LogP contribution in [0, 0.1) is 30.6 Å². The number of terminal acetylenes is 1. The lowest BCUT2D eigenvalue weighted by Crippen LogP contribution is -2.46. The van der Waals surface area contributed by atoms with E-state index in [4.69, 9.17) is 11.7 Å². The minimum atomic E-state index is 0.513. The number of aryl methyl sites for hydroxylation is 1. The van der Waals surface area contributed by atoms with E-state index in [1.807, 2.05) is 19.1 Å². The third kappa shape index (κ3) is 2.61. The maximum atomic E-state index is 8.99. The molecule has 1 fully saturated rings. The Balaban J connectivity index is 2.06. The van der Waals surface area contributed by atoms with Crippen LogP contribution in [-0.4, -0.2) is 42.6 Å². The van der Waals surface area contributed by atoms with Crippen LogP contribution in [0.5, 0.6) is 0 Å². The number of nitrogens with zero attached hydrogens (tertiary/aromatic N) is 4. The number of pyridine rings is 1. The average molecular weight is 240 g/mol. The molecule has 0 amide bonds. The molecule has 4 heteroatoms. The van der Waals surface area contributed by atoms with Crippen LogP contribution in [0.15, 0.2) is 12.1 Å². The van der Waals surface area contributed by atoms with Crippen LogP contribution >= 0.6 is 0 Å². The van der Waals surface area contributed by atoms with Crippen molar-refractivity contribution in [2.75, 3.05) is 37.6 Å². The molecule has 0 radical (unpaired) electrons. The molecular formula is C14H16N4. The normalized spacial score (nSPS) is 16.1. The Morgan fingerprint density at radius 1 is 1.33 bits per heavy atom. The monoisotopic (exact) mass is 240 g/mol. The van der Waals surface area contributed by atoms with Crippen molar-refractivity contribution in [2.45, 2.75) is 6.92 Å². The Morgan fingerprint density at radius 3 is 2.67 bits per heavy atom. The summed E-state index contributed by atoms with van der Waals surface area (Å²) < 4.78 is 0. The molecule has 0 atom stereocenters. The van der Waals surface area contributed by atoms with Gasteiger partial charge in [0.1, 0.15) is 17.6 Å². The van der Waals surface area contributed by atoms with Crippen molar-refractivity contribution in [3.05, 3.63) is 23.4 Å². The highest BCUT2D eigenvalue weighted by atomic mass is 15.3. The molecule has 0 spiro atoms. The van der Waals surface area contributed by atoms with E-state index in [-0.39, 0.29) is 0 Å². The third-order valence-electron chi connectivity index (χ3n) is 3.20. The minimum absolute atomic E-state index is 0.513. The van der Waals surface area contributed by atoms with E-state index in [1.165, 1.54) is 0 Å². The van der Waals surface area contributed by atoms with Crippen LogP contribution in [0.4, 0.5) is 5.82 Å². The first-order valence-electron chi connectivity index (χ1n) is 6.03. The number of hydrogen-bond acceptors (Lipinski definition) is 4. The van der Waals surface area contributed by atoms with E-state index in [0.717, 1.165) is 37.6 Å². The SMILES string of the molecule is C#CCN1CCN(c2ccc(C)c(C#N)n2)CC1. The van der Waals surface area contributed by atoms with Crippen molar-refractivity contribution < 1.29 is 0 Å². The van der Waals surface area contributed by atoms with Gasteiger partial charge in [0.15, 0.2) is 0 Å². The number of nitriles is 1. The van der Waals surface area contributed by atoms with Crippen molar-refractivity contribution in [1.82, 2.24) is 9.88 Å². The lowest BCUT2D eigenvalue weighted by atomic mass is 10.2. The predicted octanol–water partition coefficient (Wildman–Crippen LogP) is 1.02. The van der Waals surface area contributed by atoms with Gasteiger partial charge in [0.2, 0.25) is 0 Å². The summed E-state index contributed by atoms with van der Waals surface area (Å²) in [5.74, 6) is 3.55. The van der Waals surface area contributed by atoms with Crippen molar-refractivity contribution in [3.8, 4) is 18.4 Å². The third-order valence-corrected chi connectivity index (χ3v) is 3.20. The molecule has 0 saturated carbocycles. The van der Waals surface area contributed by atoms with Crippen molar-refractivity contribution in [1.29, 1.82) is 5.26 Å². The average Bonchev–Trinajstić information content (AvgIpc) is 2.41. The molecule has 1 aromatic rings. The van der Waals surface area contributed by atoms with Gasteiger partial charge >= 0.3 is 0 Å². The molecule has 0 unspecified atom stereocenters. The predicted molar refractivity (Wildman–Crippen MR) is 71.2 cm³/mol. The molecule has 0 aromatic carbocycles. The smallest absolute Gasteiger partial charge is 0.145 e. The summed E-state index contributed by atoms with van der Waals surface area (Å²) in [5, 5.41) is 8.99. The van der Waals surface area contributed by atoms with Crippen molar-refractivity contribution >= 4 is 5.82 Å². The molecule has 92 valence electrons. The summed E-state index contributed by atoms with van der Waals surface area (Å²) in [6.07, 6.45) is 5.31. The van der Waals surface area contributed by atoms with Gasteiger partial charge < -0.3 is 4.90 Å². The van der Waals surface area contributed by atoms with Crippen LogP contribution in [0.1, 0.15) is 11.3 Å². The fraction of sp³-hybridized carbons (Fsp3) is 0.429. The van der Waals surface area contributed by atoms with Crippen LogP contribution in [0.3, 0.4) is 0 Å². The van der Waals surface area contributed by atoms with Gasteiger partial charge in [0.05, 0.1) is 6.54 Å². The second-order valence-corrected chi connectivity index (χ2v) is 4.41. The molecule has 18 heavy (non-hydrogen) atoms. The Hall–Kier alpha value is -2.04. The van der Waals surface area contributed by atoms with Crippen LogP contribution in [0.2, 0.25) is 0 Å². The topological polar surface area (TPSA) is 43.2 Å². The Labute approximate surface area is 108 Å². The van der Waals surface area contributed by atoms with E-state index in [2.05, 4.69) is 26.8 Å². The van der Waals surface area contributed by atoms with Crippen LogP contribution < -0.4 is 4.90 Å². The maximum Gasteiger partial charge on any atom is 0.145 e. The van der Waals surface area contributed by atoms with E-state index in [9.17, 15) is 0 Å². The van der Waals surface area contributed by atoms with Gasteiger partial charge in [-0.1, -0.05) is 12.0 Å². The highest BCUT2D eigenvalue weighted by Crippen LogP contribution is 2.16. The molecule has 1 aliphatic heterocycles. The fourth-order valence-corrected chi connectivity index (χ4v) is 2.07. The molecule has 4 nitrogen and oxygen atoms in total. The fourth-order valence-electron chi connectivity index (χ4n) is 2.07. The van der Waals surface area contributed by atoms with E-state index in [1.54, 1.807) is 0 Å². The molecule has 1 saturated heterocycles. The number of hydrogen-bond donors (Lipinski definition) is 0. The molecule has 0 N–H and O–H groups in total.